The molecule has 1 atom stereocenters. The van der Waals surface area contributed by atoms with Crippen molar-refractivity contribution in [3.8, 4) is 5.75 Å². The van der Waals surface area contributed by atoms with Gasteiger partial charge in [-0.3, -0.25) is 4.21 Å². The molecule has 0 bridgehead atoms. The van der Waals surface area contributed by atoms with Gasteiger partial charge in [0.05, 0.1) is 23.7 Å². The van der Waals surface area contributed by atoms with Crippen molar-refractivity contribution in [3.63, 3.8) is 0 Å². The Kier molecular flexibility index (Phi) is 4.87. The minimum atomic E-state index is -1.21. The number of methoxy groups -OCH3 is 1. The molecule has 0 saturated carbocycles. The first-order valence-corrected chi connectivity index (χ1v) is 7.45. The van der Waals surface area contributed by atoms with Crippen molar-refractivity contribution >= 4 is 10.8 Å². The molecule has 5 heteroatoms. The predicted molar refractivity (Wildman–Crippen MR) is 77.4 cm³/mol. The molecule has 0 aliphatic carbocycles. The fourth-order valence-electron chi connectivity index (χ4n) is 1.87. The number of hydrogen-bond acceptors (Lipinski definition) is 3. The van der Waals surface area contributed by atoms with Crippen LogP contribution >= 0.6 is 0 Å². The van der Waals surface area contributed by atoms with Gasteiger partial charge in [-0.2, -0.15) is 0 Å². The van der Waals surface area contributed by atoms with Crippen LogP contribution in [0.5, 0.6) is 5.75 Å². The SMILES string of the molecule is COc1cc(CS(=O)c2ccc(F)cc2)ccc1CN. The highest BCUT2D eigenvalue weighted by atomic mass is 32.2. The van der Waals surface area contributed by atoms with Crippen molar-refractivity contribution in [2.24, 2.45) is 5.73 Å². The Morgan fingerprint density at radius 3 is 2.50 bits per heavy atom. The van der Waals surface area contributed by atoms with Crippen molar-refractivity contribution in [1.29, 1.82) is 0 Å². The van der Waals surface area contributed by atoms with Crippen LogP contribution in [-0.2, 0) is 23.1 Å². The van der Waals surface area contributed by atoms with Gasteiger partial charge in [-0.15, -0.1) is 0 Å². The van der Waals surface area contributed by atoms with Gasteiger partial charge < -0.3 is 10.5 Å². The van der Waals surface area contributed by atoms with Gasteiger partial charge in [0.15, 0.2) is 0 Å². The van der Waals surface area contributed by atoms with Gasteiger partial charge in [0.25, 0.3) is 0 Å². The minimum Gasteiger partial charge on any atom is -0.496 e. The zero-order valence-electron chi connectivity index (χ0n) is 11.1. The Morgan fingerprint density at radius 1 is 1.20 bits per heavy atom. The summed E-state index contributed by atoms with van der Waals surface area (Å²) in [5, 5.41) is 0. The van der Waals surface area contributed by atoms with Crippen LogP contribution in [0.4, 0.5) is 4.39 Å². The fourth-order valence-corrected chi connectivity index (χ4v) is 2.96. The number of hydrogen-bond donors (Lipinski definition) is 1. The molecule has 1 unspecified atom stereocenters. The van der Waals surface area contributed by atoms with Gasteiger partial charge in [-0.25, -0.2) is 4.39 Å². The lowest BCUT2D eigenvalue weighted by Gasteiger charge is -2.09. The molecule has 0 aliphatic rings. The van der Waals surface area contributed by atoms with Crippen molar-refractivity contribution in [2.75, 3.05) is 7.11 Å². The lowest BCUT2D eigenvalue weighted by atomic mass is 10.1. The fraction of sp³-hybridized carbons (Fsp3) is 0.200. The summed E-state index contributed by atoms with van der Waals surface area (Å²) in [5.74, 6) is 0.716. The van der Waals surface area contributed by atoms with E-state index in [0.717, 1.165) is 11.1 Å². The molecule has 2 rings (SSSR count). The molecular weight excluding hydrogens is 277 g/mol. The molecule has 2 aromatic rings. The molecule has 2 aromatic carbocycles. The molecule has 0 fully saturated rings. The normalized spacial score (nSPS) is 12.2. The van der Waals surface area contributed by atoms with Crippen LogP contribution in [0.1, 0.15) is 11.1 Å². The second-order valence-electron chi connectivity index (χ2n) is 4.29. The predicted octanol–water partition coefficient (Wildman–Crippen LogP) is 2.60. The summed E-state index contributed by atoms with van der Waals surface area (Å²) in [6.07, 6.45) is 0. The van der Waals surface area contributed by atoms with Gasteiger partial charge in [0.1, 0.15) is 11.6 Å². The molecule has 2 N–H and O–H groups in total. The highest BCUT2D eigenvalue weighted by Gasteiger charge is 2.08. The average Bonchev–Trinajstić information content (AvgIpc) is 2.47. The number of rotatable bonds is 5. The third-order valence-corrected chi connectivity index (χ3v) is 4.34. The molecule has 106 valence electrons. The van der Waals surface area contributed by atoms with Gasteiger partial charge in [0, 0.05) is 17.0 Å². The highest BCUT2D eigenvalue weighted by Crippen LogP contribution is 2.22. The number of benzene rings is 2. The zero-order valence-corrected chi connectivity index (χ0v) is 12.0. The molecule has 0 aromatic heterocycles. The summed E-state index contributed by atoms with van der Waals surface area (Å²) in [4.78, 5) is 0.605. The zero-order chi connectivity index (χ0) is 14.5. The van der Waals surface area contributed by atoms with E-state index in [1.807, 2.05) is 18.2 Å². The molecule has 3 nitrogen and oxygen atoms in total. The first kappa shape index (κ1) is 14.7. The van der Waals surface area contributed by atoms with Gasteiger partial charge >= 0.3 is 0 Å². The van der Waals surface area contributed by atoms with Crippen LogP contribution < -0.4 is 10.5 Å². The maximum absolute atomic E-state index is 12.8. The van der Waals surface area contributed by atoms with E-state index >= 15 is 0 Å². The lowest BCUT2D eigenvalue weighted by Crippen LogP contribution is -2.02. The Hall–Kier alpha value is -1.72. The van der Waals surface area contributed by atoms with Crippen molar-refractivity contribution < 1.29 is 13.3 Å². The summed E-state index contributed by atoms with van der Waals surface area (Å²) in [6, 6.07) is 11.3. The summed E-state index contributed by atoms with van der Waals surface area (Å²) >= 11 is 0. The van der Waals surface area contributed by atoms with Gasteiger partial charge in [-0.05, 0) is 35.9 Å². The van der Waals surface area contributed by atoms with E-state index in [4.69, 9.17) is 10.5 Å². The molecule has 0 radical (unpaired) electrons. The maximum Gasteiger partial charge on any atom is 0.123 e. The summed E-state index contributed by atoms with van der Waals surface area (Å²) in [7, 11) is 0.364. The molecule has 0 spiro atoms. The average molecular weight is 293 g/mol. The van der Waals surface area contributed by atoms with Crippen LogP contribution in [0.15, 0.2) is 47.4 Å². The third-order valence-electron chi connectivity index (χ3n) is 2.95. The van der Waals surface area contributed by atoms with Crippen LogP contribution in [0.25, 0.3) is 0 Å². The monoisotopic (exact) mass is 293 g/mol. The summed E-state index contributed by atoms with van der Waals surface area (Å²) in [5.41, 5.74) is 7.40. The van der Waals surface area contributed by atoms with Crippen molar-refractivity contribution in [1.82, 2.24) is 0 Å². The van der Waals surface area contributed by atoms with E-state index in [1.54, 1.807) is 7.11 Å². The van der Waals surface area contributed by atoms with Gasteiger partial charge in [0.2, 0.25) is 0 Å². The van der Waals surface area contributed by atoms with Crippen LogP contribution in [0.2, 0.25) is 0 Å². The van der Waals surface area contributed by atoms with E-state index in [2.05, 4.69) is 0 Å². The second-order valence-corrected chi connectivity index (χ2v) is 5.75. The van der Waals surface area contributed by atoms with Crippen molar-refractivity contribution in [2.45, 2.75) is 17.2 Å². The van der Waals surface area contributed by atoms with Crippen LogP contribution in [-0.4, -0.2) is 11.3 Å². The Morgan fingerprint density at radius 2 is 1.90 bits per heavy atom. The molecular formula is C15H16FNO2S. The minimum absolute atomic E-state index is 0.334. The first-order valence-electron chi connectivity index (χ1n) is 6.14. The topological polar surface area (TPSA) is 52.3 Å². The smallest absolute Gasteiger partial charge is 0.123 e. The van der Waals surface area contributed by atoms with Gasteiger partial charge in [-0.1, -0.05) is 12.1 Å². The second kappa shape index (κ2) is 6.63. The third kappa shape index (κ3) is 3.43. The lowest BCUT2D eigenvalue weighted by molar-refractivity contribution is 0.409. The number of nitrogens with two attached hydrogens (primary N) is 1. The maximum atomic E-state index is 12.8. The molecule has 0 amide bonds. The Bertz CT molecular complexity index is 614. The highest BCUT2D eigenvalue weighted by molar-refractivity contribution is 7.84. The molecule has 0 saturated heterocycles. The van der Waals surface area contributed by atoms with E-state index in [0.29, 0.717) is 22.9 Å². The Balaban J connectivity index is 2.17. The largest absolute Gasteiger partial charge is 0.496 e. The quantitative estimate of drug-likeness (QED) is 0.922. The molecule has 0 heterocycles. The van der Waals surface area contributed by atoms with E-state index < -0.39 is 10.8 Å². The van der Waals surface area contributed by atoms with E-state index in [9.17, 15) is 8.60 Å². The molecule has 0 aliphatic heterocycles. The first-order chi connectivity index (χ1) is 9.63. The summed E-state index contributed by atoms with van der Waals surface area (Å²) < 4.78 is 30.3. The van der Waals surface area contributed by atoms with Crippen molar-refractivity contribution in [3.05, 3.63) is 59.4 Å². The van der Waals surface area contributed by atoms with E-state index in [-0.39, 0.29) is 5.82 Å². The standard InChI is InChI=1S/C15H16FNO2S/c1-19-15-8-11(2-3-12(15)9-17)10-20(18)14-6-4-13(16)5-7-14/h2-8H,9-10,17H2,1H3. The van der Waals surface area contributed by atoms with Crippen LogP contribution in [0, 0.1) is 5.82 Å². The summed E-state index contributed by atoms with van der Waals surface area (Å²) in [6.45, 7) is 0.393. The number of halogens is 1. The van der Waals surface area contributed by atoms with E-state index in [1.165, 1.54) is 24.3 Å². The Labute approximate surface area is 120 Å². The number of ether oxygens (including phenoxy) is 1. The molecule has 20 heavy (non-hydrogen) atoms. The van der Waals surface area contributed by atoms with Crippen LogP contribution in [0.3, 0.4) is 0 Å².